The molecule has 0 radical (unpaired) electrons. The third-order valence-electron chi connectivity index (χ3n) is 5.78. The molecule has 0 amide bonds. The Morgan fingerprint density at radius 1 is 1.00 bits per heavy atom. The van der Waals surface area contributed by atoms with Crippen LogP contribution in [0.25, 0.3) is 0 Å². The summed E-state index contributed by atoms with van der Waals surface area (Å²) in [6.45, 7) is 0. The molecule has 3 heterocycles. The fourth-order valence-electron chi connectivity index (χ4n) is 4.16. The lowest BCUT2D eigenvalue weighted by atomic mass is 10.0. The van der Waals surface area contributed by atoms with Gasteiger partial charge in [0.1, 0.15) is 6.04 Å². The Morgan fingerprint density at radius 2 is 1.71 bits per heavy atom. The quantitative estimate of drug-likeness (QED) is 0.214. The number of benzene rings is 2. The first-order valence-electron chi connectivity index (χ1n) is 10.7. The lowest BCUT2D eigenvalue weighted by Crippen LogP contribution is -2.30. The number of anilines is 1. The highest BCUT2D eigenvalue weighted by molar-refractivity contribution is 7.99. The number of hydrogen-bond acceptors (Lipinski definition) is 5. The number of nitrogens with one attached hydrogen (secondary N) is 1. The molecule has 2 atom stereocenters. The number of aromatic nitrogens is 2. The Labute approximate surface area is 206 Å². The Kier molecular flexibility index (Phi) is 6.04. The van der Waals surface area contributed by atoms with Crippen molar-refractivity contribution in [2.75, 3.05) is 4.90 Å². The molecule has 1 saturated heterocycles. The van der Waals surface area contributed by atoms with Gasteiger partial charge in [-0.05, 0) is 72.9 Å². The van der Waals surface area contributed by atoms with Crippen LogP contribution in [0.3, 0.4) is 0 Å². The zero-order chi connectivity index (χ0) is 23.7. The summed E-state index contributed by atoms with van der Waals surface area (Å²) in [5.41, 5.74) is 3.13. The van der Waals surface area contributed by atoms with E-state index in [9.17, 15) is 10.1 Å². The maximum Gasteiger partial charge on any atom is 0.269 e. The number of nitro benzene ring substituents is 1. The van der Waals surface area contributed by atoms with Gasteiger partial charge < -0.3 is 14.8 Å². The Hall–Kier alpha value is -3.69. The van der Waals surface area contributed by atoms with E-state index in [1.165, 1.54) is 12.1 Å². The first-order valence-corrected chi connectivity index (χ1v) is 11.9. The average molecular weight is 488 g/mol. The van der Waals surface area contributed by atoms with Crippen molar-refractivity contribution in [2.45, 2.75) is 21.9 Å². The van der Waals surface area contributed by atoms with Crippen LogP contribution < -0.4 is 10.2 Å². The van der Waals surface area contributed by atoms with Crippen molar-refractivity contribution in [3.63, 3.8) is 0 Å². The third kappa shape index (κ3) is 4.27. The number of pyridine rings is 1. The highest BCUT2D eigenvalue weighted by Gasteiger charge is 2.41. The molecule has 2 aromatic heterocycles. The third-order valence-corrected chi connectivity index (χ3v) is 7.11. The zero-order valence-electron chi connectivity index (χ0n) is 18.2. The molecule has 2 aromatic carbocycles. The highest BCUT2D eigenvalue weighted by Crippen LogP contribution is 2.42. The van der Waals surface area contributed by atoms with E-state index in [1.807, 2.05) is 49.6 Å². The molecule has 0 bridgehead atoms. The minimum absolute atomic E-state index is 0.0597. The van der Waals surface area contributed by atoms with Crippen LogP contribution in [0.2, 0.25) is 0 Å². The molecular weight excluding hydrogens is 466 g/mol. The topological polar surface area (TPSA) is 76.2 Å². The van der Waals surface area contributed by atoms with Gasteiger partial charge in [0, 0.05) is 52.7 Å². The van der Waals surface area contributed by atoms with E-state index in [0.717, 1.165) is 26.9 Å². The monoisotopic (exact) mass is 487 g/mol. The normalized spacial score (nSPS) is 17.6. The van der Waals surface area contributed by atoms with Gasteiger partial charge in [-0.15, -0.1) is 0 Å². The molecule has 0 aliphatic carbocycles. The number of nitro groups is 1. The predicted octanol–water partition coefficient (Wildman–Crippen LogP) is 5.66. The van der Waals surface area contributed by atoms with Crippen molar-refractivity contribution in [2.24, 2.45) is 7.05 Å². The van der Waals surface area contributed by atoms with E-state index in [0.29, 0.717) is 5.11 Å². The molecule has 170 valence electrons. The minimum Gasteiger partial charge on any atom is -0.353 e. The van der Waals surface area contributed by atoms with Gasteiger partial charge in [0.2, 0.25) is 0 Å². The molecule has 1 aliphatic rings. The average Bonchev–Trinajstić information content (AvgIpc) is 3.42. The molecule has 4 aromatic rings. The lowest BCUT2D eigenvalue weighted by molar-refractivity contribution is -0.384. The van der Waals surface area contributed by atoms with Crippen molar-refractivity contribution in [1.29, 1.82) is 0 Å². The Morgan fingerprint density at radius 3 is 2.29 bits per heavy atom. The summed E-state index contributed by atoms with van der Waals surface area (Å²) in [5, 5.41) is 15.0. The zero-order valence-corrected chi connectivity index (χ0v) is 19.9. The van der Waals surface area contributed by atoms with E-state index in [4.69, 9.17) is 12.2 Å². The van der Waals surface area contributed by atoms with Gasteiger partial charge in [0.25, 0.3) is 5.69 Å². The molecule has 0 unspecified atom stereocenters. The molecule has 0 spiro atoms. The van der Waals surface area contributed by atoms with Gasteiger partial charge in [-0.25, -0.2) is 0 Å². The smallest absolute Gasteiger partial charge is 0.269 e. The molecular formula is C25H21N5O2S2. The van der Waals surface area contributed by atoms with Crippen molar-refractivity contribution in [3.8, 4) is 0 Å². The van der Waals surface area contributed by atoms with Crippen molar-refractivity contribution >= 4 is 40.5 Å². The van der Waals surface area contributed by atoms with Gasteiger partial charge >= 0.3 is 0 Å². The molecule has 1 fully saturated rings. The summed E-state index contributed by atoms with van der Waals surface area (Å²) in [6.07, 6.45) is 3.84. The van der Waals surface area contributed by atoms with Crippen LogP contribution in [0.5, 0.6) is 0 Å². The van der Waals surface area contributed by atoms with Gasteiger partial charge in [-0.2, -0.15) is 0 Å². The highest BCUT2D eigenvalue weighted by atomic mass is 32.2. The number of nitrogens with zero attached hydrogens (tertiary/aromatic N) is 4. The van der Waals surface area contributed by atoms with Crippen molar-refractivity contribution in [3.05, 3.63) is 113 Å². The second-order valence-corrected chi connectivity index (χ2v) is 9.42. The van der Waals surface area contributed by atoms with E-state index < -0.39 is 4.92 Å². The number of thiocarbonyl (C=S) groups is 1. The second-order valence-electron chi connectivity index (χ2n) is 7.89. The molecule has 1 aliphatic heterocycles. The van der Waals surface area contributed by atoms with E-state index in [1.54, 1.807) is 30.1 Å². The van der Waals surface area contributed by atoms with Crippen molar-refractivity contribution in [1.82, 2.24) is 14.9 Å². The standard InChI is InChI=1S/C25H21N5O2S2/c1-28-16-4-6-22(28)24-23(21-5-2-3-15-26-21)27-25(33)29(24)17-7-11-19(12-8-17)34-20-13-9-18(10-14-20)30(31)32/h2-16,23-24H,1H3,(H,27,33)/t23-,24+/m0/s1. The van der Waals surface area contributed by atoms with E-state index in [-0.39, 0.29) is 17.8 Å². The SMILES string of the molecule is Cn1cccc1[C@@H]1[C@H](c2ccccn2)NC(=S)N1c1ccc(Sc2ccc([N+](=O)[O-])cc2)cc1. The first-order chi connectivity index (χ1) is 16.5. The van der Waals surface area contributed by atoms with Gasteiger partial charge in [-0.3, -0.25) is 15.1 Å². The largest absolute Gasteiger partial charge is 0.353 e. The molecule has 9 heteroatoms. The maximum atomic E-state index is 10.9. The van der Waals surface area contributed by atoms with Crippen LogP contribution >= 0.6 is 24.0 Å². The van der Waals surface area contributed by atoms with Crippen molar-refractivity contribution < 1.29 is 4.92 Å². The summed E-state index contributed by atoms with van der Waals surface area (Å²) in [7, 11) is 2.04. The first kappa shape index (κ1) is 22.1. The van der Waals surface area contributed by atoms with E-state index in [2.05, 4.69) is 38.0 Å². The van der Waals surface area contributed by atoms with Gasteiger partial charge in [-0.1, -0.05) is 17.8 Å². The molecule has 7 nitrogen and oxygen atoms in total. The van der Waals surface area contributed by atoms with Crippen LogP contribution in [0.15, 0.2) is 101 Å². The summed E-state index contributed by atoms with van der Waals surface area (Å²) in [4.78, 5) is 19.2. The van der Waals surface area contributed by atoms with E-state index >= 15 is 0 Å². The lowest BCUT2D eigenvalue weighted by Gasteiger charge is -2.28. The van der Waals surface area contributed by atoms with Crippen LogP contribution in [-0.4, -0.2) is 19.6 Å². The van der Waals surface area contributed by atoms with Gasteiger partial charge in [0.05, 0.1) is 16.7 Å². The fraction of sp³-hybridized carbons (Fsp3) is 0.120. The number of hydrogen-bond donors (Lipinski definition) is 1. The number of non-ortho nitro benzene ring substituents is 1. The summed E-state index contributed by atoms with van der Waals surface area (Å²) in [5.74, 6) is 0. The summed E-state index contributed by atoms with van der Waals surface area (Å²) >= 11 is 7.34. The Bertz CT molecular complexity index is 1320. The van der Waals surface area contributed by atoms with Crippen LogP contribution in [0.1, 0.15) is 23.5 Å². The molecule has 34 heavy (non-hydrogen) atoms. The minimum atomic E-state index is -0.391. The number of rotatable bonds is 6. The van der Waals surface area contributed by atoms with Crippen LogP contribution in [0, 0.1) is 10.1 Å². The fourth-order valence-corrected chi connectivity index (χ4v) is 5.32. The molecule has 1 N–H and O–H groups in total. The Balaban J connectivity index is 1.44. The number of aryl methyl sites for hydroxylation is 1. The van der Waals surface area contributed by atoms with Crippen LogP contribution in [-0.2, 0) is 7.05 Å². The molecule has 5 rings (SSSR count). The predicted molar refractivity (Wildman–Crippen MR) is 137 cm³/mol. The van der Waals surface area contributed by atoms with Gasteiger partial charge in [0.15, 0.2) is 5.11 Å². The second kappa shape index (κ2) is 9.28. The maximum absolute atomic E-state index is 10.9. The molecule has 0 saturated carbocycles. The van der Waals surface area contributed by atoms with Crippen LogP contribution in [0.4, 0.5) is 11.4 Å². The summed E-state index contributed by atoms with van der Waals surface area (Å²) < 4.78 is 2.11. The summed E-state index contributed by atoms with van der Waals surface area (Å²) in [6, 6.07) is 24.7.